The number of benzene rings is 1. The van der Waals surface area contributed by atoms with Gasteiger partial charge in [0.25, 0.3) is 0 Å². The van der Waals surface area contributed by atoms with Gasteiger partial charge in [-0.05, 0) is 24.6 Å². The third-order valence-corrected chi connectivity index (χ3v) is 2.60. The van der Waals surface area contributed by atoms with Crippen molar-refractivity contribution in [2.24, 2.45) is 0 Å². The van der Waals surface area contributed by atoms with Gasteiger partial charge in [-0.15, -0.1) is 0 Å². The minimum atomic E-state index is -0.0661. The normalized spacial score (nSPS) is 12.3. The summed E-state index contributed by atoms with van der Waals surface area (Å²) in [4.78, 5) is 10.8. The average molecular weight is 232 g/mol. The molecule has 0 radical (unpaired) electrons. The summed E-state index contributed by atoms with van der Waals surface area (Å²) in [5, 5.41) is 3.79. The van der Waals surface area contributed by atoms with E-state index in [1.807, 2.05) is 13.0 Å². The second-order valence-electron chi connectivity index (χ2n) is 3.10. The van der Waals surface area contributed by atoms with Crippen LogP contribution in [0.5, 0.6) is 0 Å². The van der Waals surface area contributed by atoms with Crippen LogP contribution in [0.25, 0.3) is 0 Å². The van der Waals surface area contributed by atoms with Crippen LogP contribution in [0.3, 0.4) is 0 Å². The van der Waals surface area contributed by atoms with Crippen LogP contribution in [0.2, 0.25) is 10.0 Å². The Hall–Kier alpha value is -0.730. The topological polar surface area (TPSA) is 29.1 Å². The minimum Gasteiger partial charge on any atom is -0.350 e. The highest BCUT2D eigenvalue weighted by Crippen LogP contribution is 2.25. The Kier molecular flexibility index (Phi) is 3.78. The first-order chi connectivity index (χ1) is 6.50. The van der Waals surface area contributed by atoms with Gasteiger partial charge >= 0.3 is 0 Å². The zero-order valence-corrected chi connectivity index (χ0v) is 9.49. The van der Waals surface area contributed by atoms with Crippen molar-refractivity contribution in [2.75, 3.05) is 0 Å². The molecule has 2 nitrogen and oxygen atoms in total. The fraction of sp³-hybridized carbons (Fsp3) is 0.300. The lowest BCUT2D eigenvalue weighted by molar-refractivity contribution is -0.119. The number of nitrogens with one attached hydrogen (secondary N) is 1. The number of carbonyl (C=O) groups is 1. The van der Waals surface area contributed by atoms with Gasteiger partial charge in [0.05, 0.1) is 16.1 Å². The van der Waals surface area contributed by atoms with Crippen molar-refractivity contribution in [2.45, 2.75) is 19.9 Å². The highest BCUT2D eigenvalue weighted by molar-refractivity contribution is 6.42. The third-order valence-electron chi connectivity index (χ3n) is 1.86. The first kappa shape index (κ1) is 11.3. The highest BCUT2D eigenvalue weighted by atomic mass is 35.5. The Labute approximate surface area is 93.2 Å². The number of amides is 1. The molecular weight excluding hydrogens is 221 g/mol. The van der Waals surface area contributed by atoms with Crippen molar-refractivity contribution in [3.8, 4) is 0 Å². The van der Waals surface area contributed by atoms with Crippen molar-refractivity contribution in [3.05, 3.63) is 33.8 Å². The molecule has 0 heterocycles. The summed E-state index contributed by atoms with van der Waals surface area (Å²) in [6.07, 6.45) is 0. The fourth-order valence-electron chi connectivity index (χ4n) is 1.17. The van der Waals surface area contributed by atoms with Crippen LogP contribution in [-0.4, -0.2) is 5.91 Å². The van der Waals surface area contributed by atoms with E-state index >= 15 is 0 Å². The van der Waals surface area contributed by atoms with Gasteiger partial charge in [0, 0.05) is 6.92 Å². The summed E-state index contributed by atoms with van der Waals surface area (Å²) in [5.74, 6) is -0.0661. The van der Waals surface area contributed by atoms with E-state index in [0.717, 1.165) is 5.56 Å². The molecule has 1 aromatic carbocycles. The molecular formula is C10H11Cl2NO. The summed E-state index contributed by atoms with van der Waals surface area (Å²) in [5.41, 5.74) is 0.939. The smallest absolute Gasteiger partial charge is 0.217 e. The molecule has 0 bridgehead atoms. The van der Waals surface area contributed by atoms with Crippen LogP contribution < -0.4 is 5.32 Å². The van der Waals surface area contributed by atoms with Crippen LogP contribution in [0.4, 0.5) is 0 Å². The number of halogens is 2. The molecule has 1 N–H and O–H groups in total. The van der Waals surface area contributed by atoms with E-state index in [9.17, 15) is 4.79 Å². The molecule has 0 aliphatic carbocycles. The third kappa shape index (κ3) is 2.89. The number of hydrogen-bond acceptors (Lipinski definition) is 1. The van der Waals surface area contributed by atoms with Crippen molar-refractivity contribution < 1.29 is 4.79 Å². The van der Waals surface area contributed by atoms with E-state index in [-0.39, 0.29) is 11.9 Å². The number of rotatable bonds is 2. The standard InChI is InChI=1S/C10H11Cl2NO/c1-6(13-7(2)14)8-3-4-9(11)10(12)5-8/h3-6H,1-2H3,(H,13,14)/t6-/m0/s1. The molecule has 14 heavy (non-hydrogen) atoms. The van der Waals surface area contributed by atoms with Gasteiger partial charge in [0.2, 0.25) is 5.91 Å². The first-order valence-electron chi connectivity index (χ1n) is 4.22. The van der Waals surface area contributed by atoms with Crippen LogP contribution in [0, 0.1) is 0 Å². The van der Waals surface area contributed by atoms with Gasteiger partial charge in [-0.2, -0.15) is 0 Å². The van der Waals surface area contributed by atoms with E-state index in [1.54, 1.807) is 12.1 Å². The quantitative estimate of drug-likeness (QED) is 0.833. The summed E-state index contributed by atoms with van der Waals surface area (Å²) >= 11 is 11.6. The second kappa shape index (κ2) is 4.67. The Bertz CT molecular complexity index is 352. The molecule has 1 amide bonds. The molecule has 0 aromatic heterocycles. The molecule has 0 spiro atoms. The molecule has 76 valence electrons. The molecule has 1 aromatic rings. The van der Waals surface area contributed by atoms with Crippen LogP contribution in [0.15, 0.2) is 18.2 Å². The summed E-state index contributed by atoms with van der Waals surface area (Å²) in [7, 11) is 0. The van der Waals surface area contributed by atoms with Gasteiger partial charge in [-0.1, -0.05) is 29.3 Å². The predicted octanol–water partition coefficient (Wildman–Crippen LogP) is 3.19. The fourth-order valence-corrected chi connectivity index (χ4v) is 1.48. The summed E-state index contributed by atoms with van der Waals surface area (Å²) in [6, 6.07) is 5.26. The minimum absolute atomic E-state index is 0.0535. The Morgan fingerprint density at radius 2 is 2.00 bits per heavy atom. The maximum atomic E-state index is 10.8. The SMILES string of the molecule is CC(=O)N[C@@H](C)c1ccc(Cl)c(Cl)c1. The van der Waals surface area contributed by atoms with Crippen molar-refractivity contribution in [3.63, 3.8) is 0 Å². The lowest BCUT2D eigenvalue weighted by Crippen LogP contribution is -2.23. The maximum Gasteiger partial charge on any atom is 0.217 e. The number of hydrogen-bond donors (Lipinski definition) is 1. The second-order valence-corrected chi connectivity index (χ2v) is 3.91. The van der Waals surface area contributed by atoms with E-state index < -0.39 is 0 Å². The zero-order chi connectivity index (χ0) is 10.7. The molecule has 0 saturated heterocycles. The molecule has 4 heteroatoms. The average Bonchev–Trinajstić information content (AvgIpc) is 2.08. The zero-order valence-electron chi connectivity index (χ0n) is 7.97. The van der Waals surface area contributed by atoms with Crippen LogP contribution >= 0.6 is 23.2 Å². The Morgan fingerprint density at radius 3 is 2.50 bits per heavy atom. The lowest BCUT2D eigenvalue weighted by Gasteiger charge is -2.13. The summed E-state index contributed by atoms with van der Waals surface area (Å²) in [6.45, 7) is 3.37. The van der Waals surface area contributed by atoms with E-state index in [2.05, 4.69) is 5.32 Å². The molecule has 1 rings (SSSR count). The first-order valence-corrected chi connectivity index (χ1v) is 4.98. The molecule has 0 aliphatic heterocycles. The van der Waals surface area contributed by atoms with Crippen molar-refractivity contribution >= 4 is 29.1 Å². The largest absolute Gasteiger partial charge is 0.350 e. The molecule has 0 aliphatic rings. The van der Waals surface area contributed by atoms with Crippen LogP contribution in [-0.2, 0) is 4.79 Å². The van der Waals surface area contributed by atoms with Gasteiger partial charge in [0.1, 0.15) is 0 Å². The van der Waals surface area contributed by atoms with Gasteiger partial charge in [0.15, 0.2) is 0 Å². The lowest BCUT2D eigenvalue weighted by atomic mass is 10.1. The van der Waals surface area contributed by atoms with Gasteiger partial charge in [-0.3, -0.25) is 4.79 Å². The monoisotopic (exact) mass is 231 g/mol. The van der Waals surface area contributed by atoms with E-state index in [1.165, 1.54) is 6.92 Å². The molecule has 1 atom stereocenters. The van der Waals surface area contributed by atoms with E-state index in [0.29, 0.717) is 10.0 Å². The molecule has 0 fully saturated rings. The van der Waals surface area contributed by atoms with Crippen LogP contribution in [0.1, 0.15) is 25.5 Å². The van der Waals surface area contributed by atoms with E-state index in [4.69, 9.17) is 23.2 Å². The van der Waals surface area contributed by atoms with Crippen molar-refractivity contribution in [1.29, 1.82) is 0 Å². The molecule has 0 unspecified atom stereocenters. The Morgan fingerprint density at radius 1 is 1.36 bits per heavy atom. The summed E-state index contributed by atoms with van der Waals surface area (Å²) < 4.78 is 0. The predicted molar refractivity (Wildman–Crippen MR) is 58.7 cm³/mol. The Balaban J connectivity index is 2.85. The van der Waals surface area contributed by atoms with Gasteiger partial charge in [-0.25, -0.2) is 0 Å². The maximum absolute atomic E-state index is 10.8. The molecule has 0 saturated carbocycles. The van der Waals surface area contributed by atoms with Crippen molar-refractivity contribution in [1.82, 2.24) is 5.32 Å². The highest BCUT2D eigenvalue weighted by Gasteiger charge is 2.07. The number of carbonyl (C=O) groups excluding carboxylic acids is 1. The van der Waals surface area contributed by atoms with Gasteiger partial charge < -0.3 is 5.32 Å².